The maximum atomic E-state index is 11.1. The third-order valence-electron chi connectivity index (χ3n) is 2.61. The van der Waals surface area contributed by atoms with Gasteiger partial charge in [-0.15, -0.1) is 0 Å². The van der Waals surface area contributed by atoms with Crippen molar-refractivity contribution in [1.29, 1.82) is 0 Å². The summed E-state index contributed by atoms with van der Waals surface area (Å²) in [7, 11) is 0. The summed E-state index contributed by atoms with van der Waals surface area (Å²) in [5, 5.41) is 3.10. The van der Waals surface area contributed by atoms with Crippen LogP contribution in [0.3, 0.4) is 0 Å². The van der Waals surface area contributed by atoms with Crippen LogP contribution in [0.5, 0.6) is 0 Å². The van der Waals surface area contributed by atoms with Crippen LogP contribution in [-0.2, 0) is 6.42 Å². The van der Waals surface area contributed by atoms with Crippen molar-refractivity contribution in [3.05, 3.63) is 47.9 Å². The minimum atomic E-state index is -0.562. The lowest BCUT2D eigenvalue weighted by Gasteiger charge is -2.07. The van der Waals surface area contributed by atoms with Gasteiger partial charge < -0.3 is 16.8 Å². The second-order valence-corrected chi connectivity index (χ2v) is 4.02. The molecule has 0 saturated carbocycles. The number of nitrogen functional groups attached to an aromatic ring is 1. The number of primary amides is 1. The molecular formula is C13H15N5O. The first-order chi connectivity index (χ1) is 9.16. The standard InChI is InChI=1S/C13H15N5O/c14-11-8-18-12(7-10(11)13(15)19)17-6-4-9-3-1-2-5-16-9/h1-3,5,7-8H,4,6,14H2,(H2,15,19)(H,17,18). The van der Waals surface area contributed by atoms with E-state index in [4.69, 9.17) is 11.5 Å². The van der Waals surface area contributed by atoms with Gasteiger partial charge in [-0.1, -0.05) is 6.07 Å². The lowest BCUT2D eigenvalue weighted by molar-refractivity contribution is 0.100. The molecular weight excluding hydrogens is 242 g/mol. The minimum Gasteiger partial charge on any atom is -0.397 e. The molecule has 2 rings (SSSR count). The number of rotatable bonds is 5. The maximum absolute atomic E-state index is 11.1. The van der Waals surface area contributed by atoms with Gasteiger partial charge in [0.25, 0.3) is 5.91 Å². The summed E-state index contributed by atoms with van der Waals surface area (Å²) in [6.45, 7) is 0.659. The highest BCUT2D eigenvalue weighted by atomic mass is 16.1. The number of nitrogens with one attached hydrogen (secondary N) is 1. The van der Waals surface area contributed by atoms with Crippen molar-refractivity contribution in [3.63, 3.8) is 0 Å². The largest absolute Gasteiger partial charge is 0.397 e. The van der Waals surface area contributed by atoms with Crippen LogP contribution >= 0.6 is 0 Å². The lowest BCUT2D eigenvalue weighted by atomic mass is 10.2. The highest BCUT2D eigenvalue weighted by Gasteiger charge is 2.07. The molecule has 0 radical (unpaired) electrons. The minimum absolute atomic E-state index is 0.273. The Balaban J connectivity index is 1.97. The lowest BCUT2D eigenvalue weighted by Crippen LogP contribution is -2.15. The number of hydrogen-bond donors (Lipinski definition) is 3. The highest BCUT2D eigenvalue weighted by molar-refractivity contribution is 5.98. The van der Waals surface area contributed by atoms with E-state index < -0.39 is 5.91 Å². The van der Waals surface area contributed by atoms with Gasteiger partial charge in [0, 0.05) is 24.9 Å². The summed E-state index contributed by atoms with van der Waals surface area (Å²) in [5.41, 5.74) is 12.4. The molecule has 0 fully saturated rings. The first-order valence-corrected chi connectivity index (χ1v) is 5.86. The van der Waals surface area contributed by atoms with Crippen molar-refractivity contribution in [3.8, 4) is 0 Å². The summed E-state index contributed by atoms with van der Waals surface area (Å²) in [6.07, 6.45) is 3.93. The third kappa shape index (κ3) is 3.41. The van der Waals surface area contributed by atoms with Crippen molar-refractivity contribution in [2.75, 3.05) is 17.6 Å². The molecule has 2 aromatic rings. The predicted octanol–water partition coefficient (Wildman–Crippen LogP) is 0.812. The zero-order valence-electron chi connectivity index (χ0n) is 10.3. The molecule has 19 heavy (non-hydrogen) atoms. The Labute approximate surface area is 110 Å². The topological polar surface area (TPSA) is 107 Å². The molecule has 0 aliphatic carbocycles. The van der Waals surface area contributed by atoms with Crippen LogP contribution in [0, 0.1) is 0 Å². The number of pyridine rings is 2. The Morgan fingerprint density at radius 2 is 2.16 bits per heavy atom. The smallest absolute Gasteiger partial charge is 0.250 e. The van der Waals surface area contributed by atoms with Crippen LogP contribution < -0.4 is 16.8 Å². The molecule has 2 aromatic heterocycles. The molecule has 0 aliphatic heterocycles. The zero-order chi connectivity index (χ0) is 13.7. The number of amides is 1. The van der Waals surface area contributed by atoms with Crippen LogP contribution in [-0.4, -0.2) is 22.4 Å². The first kappa shape index (κ1) is 12.8. The predicted molar refractivity (Wildman–Crippen MR) is 73.6 cm³/mol. The Bertz CT molecular complexity index is 571. The number of nitrogens with zero attached hydrogens (tertiary/aromatic N) is 2. The van der Waals surface area contributed by atoms with Gasteiger partial charge in [-0.2, -0.15) is 0 Å². The molecule has 6 heteroatoms. The number of carbonyl (C=O) groups excluding carboxylic acids is 1. The average molecular weight is 257 g/mol. The molecule has 2 heterocycles. The molecule has 5 N–H and O–H groups in total. The molecule has 98 valence electrons. The zero-order valence-corrected chi connectivity index (χ0v) is 10.3. The van der Waals surface area contributed by atoms with E-state index in [1.165, 1.54) is 6.20 Å². The third-order valence-corrected chi connectivity index (χ3v) is 2.61. The molecule has 0 saturated heterocycles. The fourth-order valence-electron chi connectivity index (χ4n) is 1.64. The van der Waals surface area contributed by atoms with Crippen molar-refractivity contribution in [2.24, 2.45) is 5.73 Å². The van der Waals surface area contributed by atoms with Gasteiger partial charge >= 0.3 is 0 Å². The van der Waals surface area contributed by atoms with Crippen LogP contribution in [0.1, 0.15) is 16.1 Å². The Morgan fingerprint density at radius 1 is 1.32 bits per heavy atom. The number of hydrogen-bond acceptors (Lipinski definition) is 5. The number of aromatic nitrogens is 2. The average Bonchev–Trinajstić information content (AvgIpc) is 2.41. The van der Waals surface area contributed by atoms with E-state index in [-0.39, 0.29) is 11.3 Å². The van der Waals surface area contributed by atoms with E-state index in [1.807, 2.05) is 18.2 Å². The van der Waals surface area contributed by atoms with Crippen LogP contribution in [0.2, 0.25) is 0 Å². The van der Waals surface area contributed by atoms with Crippen LogP contribution in [0.4, 0.5) is 11.5 Å². The van der Waals surface area contributed by atoms with E-state index in [1.54, 1.807) is 12.3 Å². The summed E-state index contributed by atoms with van der Waals surface area (Å²) in [4.78, 5) is 19.4. The molecule has 0 aromatic carbocycles. The van der Waals surface area contributed by atoms with Gasteiger partial charge in [0.15, 0.2) is 0 Å². The Kier molecular flexibility index (Phi) is 3.92. The number of carbonyl (C=O) groups is 1. The normalized spacial score (nSPS) is 10.1. The van der Waals surface area contributed by atoms with Gasteiger partial charge in [-0.05, 0) is 18.2 Å². The number of anilines is 2. The van der Waals surface area contributed by atoms with E-state index in [0.29, 0.717) is 12.4 Å². The van der Waals surface area contributed by atoms with Gasteiger partial charge in [0.2, 0.25) is 0 Å². The molecule has 1 amide bonds. The van der Waals surface area contributed by atoms with Crippen molar-refractivity contribution >= 4 is 17.4 Å². The fourth-order valence-corrected chi connectivity index (χ4v) is 1.64. The summed E-state index contributed by atoms with van der Waals surface area (Å²) >= 11 is 0. The summed E-state index contributed by atoms with van der Waals surface area (Å²) in [5.74, 6) is 0.00612. The molecule has 0 aliphatic rings. The van der Waals surface area contributed by atoms with E-state index >= 15 is 0 Å². The SMILES string of the molecule is NC(=O)c1cc(NCCc2ccccn2)ncc1N. The first-order valence-electron chi connectivity index (χ1n) is 5.86. The van der Waals surface area contributed by atoms with E-state index in [9.17, 15) is 4.79 Å². The molecule has 0 unspecified atom stereocenters. The van der Waals surface area contributed by atoms with Gasteiger partial charge in [-0.3, -0.25) is 9.78 Å². The maximum Gasteiger partial charge on any atom is 0.250 e. The highest BCUT2D eigenvalue weighted by Crippen LogP contribution is 2.14. The molecule has 0 atom stereocenters. The van der Waals surface area contributed by atoms with Gasteiger partial charge in [0.05, 0.1) is 17.4 Å². The van der Waals surface area contributed by atoms with Gasteiger partial charge in [0.1, 0.15) is 5.82 Å². The van der Waals surface area contributed by atoms with Crippen LogP contribution in [0.15, 0.2) is 36.7 Å². The Morgan fingerprint density at radius 3 is 2.84 bits per heavy atom. The van der Waals surface area contributed by atoms with Crippen molar-refractivity contribution < 1.29 is 4.79 Å². The van der Waals surface area contributed by atoms with E-state index in [0.717, 1.165) is 12.1 Å². The van der Waals surface area contributed by atoms with Crippen molar-refractivity contribution in [2.45, 2.75) is 6.42 Å². The Hall–Kier alpha value is -2.63. The summed E-state index contributed by atoms with van der Waals surface area (Å²) < 4.78 is 0. The fraction of sp³-hybridized carbons (Fsp3) is 0.154. The second kappa shape index (κ2) is 5.81. The van der Waals surface area contributed by atoms with Crippen LogP contribution in [0.25, 0.3) is 0 Å². The van der Waals surface area contributed by atoms with Gasteiger partial charge in [-0.25, -0.2) is 4.98 Å². The molecule has 0 spiro atoms. The quantitative estimate of drug-likeness (QED) is 0.734. The summed E-state index contributed by atoms with van der Waals surface area (Å²) in [6, 6.07) is 7.32. The molecule has 0 bridgehead atoms. The van der Waals surface area contributed by atoms with Crippen molar-refractivity contribution in [1.82, 2.24) is 9.97 Å². The molecule has 6 nitrogen and oxygen atoms in total. The number of nitrogens with two attached hydrogens (primary N) is 2. The van der Waals surface area contributed by atoms with E-state index in [2.05, 4.69) is 15.3 Å². The second-order valence-electron chi connectivity index (χ2n) is 4.02. The monoisotopic (exact) mass is 257 g/mol.